The fourth-order valence-corrected chi connectivity index (χ4v) is 5.77. The van der Waals surface area contributed by atoms with Crippen LogP contribution >= 0.6 is 39.5 Å². The Kier molecular flexibility index (Phi) is 6.28. The fraction of sp³-hybridized carbons (Fsp3) is 0.294. The summed E-state index contributed by atoms with van der Waals surface area (Å²) < 4.78 is 6.12. The van der Waals surface area contributed by atoms with Crippen LogP contribution < -0.4 is 5.43 Å². The number of hydrogen-bond donors (Lipinski definition) is 1. The molecule has 0 saturated carbocycles. The first kappa shape index (κ1) is 20.0. The van der Waals surface area contributed by atoms with Gasteiger partial charge < -0.3 is 4.42 Å². The number of halogens is 1. The Labute approximate surface area is 172 Å². The molecule has 0 bridgehead atoms. The van der Waals surface area contributed by atoms with Gasteiger partial charge in [-0.25, -0.2) is 5.43 Å². The monoisotopic (exact) mass is 469 g/mol. The van der Waals surface area contributed by atoms with E-state index in [0.717, 1.165) is 11.5 Å². The molecular weight excluding hydrogens is 454 g/mol. The number of rotatable bonds is 6. The highest BCUT2D eigenvalue weighted by atomic mass is 79.9. The highest BCUT2D eigenvalue weighted by molar-refractivity contribution is 9.10. The first-order valence-corrected chi connectivity index (χ1v) is 10.8. The topological polar surface area (TPSA) is 97.7 Å². The third kappa shape index (κ3) is 5.14. The zero-order valence-electron chi connectivity index (χ0n) is 14.3. The van der Waals surface area contributed by atoms with E-state index in [1.54, 1.807) is 47.8 Å². The maximum Gasteiger partial charge on any atom is 0.281 e. The number of carbonyl (C=O) groups is 1. The van der Waals surface area contributed by atoms with Crippen molar-refractivity contribution >= 4 is 57.3 Å². The van der Waals surface area contributed by atoms with Gasteiger partial charge in [0.1, 0.15) is 11.5 Å². The summed E-state index contributed by atoms with van der Waals surface area (Å²) >= 11 is 6.79. The summed E-state index contributed by atoms with van der Waals surface area (Å²) in [5, 5.41) is 15.2. The van der Waals surface area contributed by atoms with Crippen LogP contribution in [-0.4, -0.2) is 32.6 Å². The molecule has 10 heteroatoms. The lowest BCUT2D eigenvalue weighted by atomic mass is 10.1. The van der Waals surface area contributed by atoms with Gasteiger partial charge in [-0.2, -0.15) is 5.10 Å². The van der Waals surface area contributed by atoms with E-state index in [2.05, 4.69) is 33.4 Å². The smallest absolute Gasteiger partial charge is 0.281 e. The number of hydrogen-bond acceptors (Lipinski definition) is 7. The second-order valence-electron chi connectivity index (χ2n) is 5.92. The maximum atomic E-state index is 12.0. The summed E-state index contributed by atoms with van der Waals surface area (Å²) in [5.41, 5.74) is 2.81. The minimum absolute atomic E-state index is 0.0599. The van der Waals surface area contributed by atoms with Gasteiger partial charge in [0, 0.05) is 22.0 Å². The van der Waals surface area contributed by atoms with Crippen LogP contribution in [0, 0.1) is 10.1 Å². The molecule has 1 amide bonds. The number of thioether (sulfide) groups is 2. The molecule has 1 fully saturated rings. The highest BCUT2D eigenvalue weighted by Gasteiger charge is 2.32. The number of hydrazone groups is 1. The van der Waals surface area contributed by atoms with Crippen LogP contribution in [0.1, 0.15) is 19.1 Å². The Balaban J connectivity index is 1.65. The van der Waals surface area contributed by atoms with Crippen molar-refractivity contribution in [1.82, 2.24) is 5.43 Å². The van der Waals surface area contributed by atoms with Crippen LogP contribution in [0.4, 0.5) is 5.69 Å². The predicted octanol–water partition coefficient (Wildman–Crippen LogP) is 4.65. The van der Waals surface area contributed by atoms with Crippen molar-refractivity contribution in [3.05, 3.63) is 50.7 Å². The van der Waals surface area contributed by atoms with E-state index in [-0.39, 0.29) is 15.7 Å². The highest BCUT2D eigenvalue weighted by Crippen LogP contribution is 2.45. The molecule has 2 heterocycles. The number of nitrogens with one attached hydrogen (secondary N) is 1. The minimum atomic E-state index is -0.462. The number of nitrogens with zero attached hydrogens (tertiary/aromatic N) is 2. The standard InChI is InChI=1S/C17H16BrN3O4S2/c1-17(26-6-7-27-17)9-16(22)20-19-10-12-3-5-15(25-12)13-4-2-11(18)8-14(13)21(23)24/h2-5,8,10H,6-7,9H2,1H3,(H,20,22)/b19-10-. The van der Waals surface area contributed by atoms with E-state index in [0.29, 0.717) is 28.0 Å². The Hall–Kier alpha value is -1.78. The molecule has 1 saturated heterocycles. The molecule has 2 aromatic rings. The lowest BCUT2D eigenvalue weighted by molar-refractivity contribution is -0.384. The van der Waals surface area contributed by atoms with Crippen LogP contribution in [-0.2, 0) is 4.79 Å². The van der Waals surface area contributed by atoms with Crippen LogP contribution in [0.3, 0.4) is 0 Å². The largest absolute Gasteiger partial charge is 0.455 e. The molecule has 0 spiro atoms. The number of carbonyl (C=O) groups excluding carboxylic acids is 1. The van der Waals surface area contributed by atoms with Crippen LogP contribution in [0.5, 0.6) is 0 Å². The van der Waals surface area contributed by atoms with Crippen molar-refractivity contribution in [3.63, 3.8) is 0 Å². The van der Waals surface area contributed by atoms with Crippen molar-refractivity contribution in [1.29, 1.82) is 0 Å². The molecule has 1 aliphatic heterocycles. The van der Waals surface area contributed by atoms with Crippen LogP contribution in [0.15, 0.2) is 44.3 Å². The van der Waals surface area contributed by atoms with Crippen LogP contribution in [0.2, 0.25) is 0 Å². The zero-order chi connectivity index (χ0) is 19.4. The molecule has 0 aliphatic carbocycles. The summed E-state index contributed by atoms with van der Waals surface area (Å²) in [4.78, 5) is 22.8. The summed E-state index contributed by atoms with van der Waals surface area (Å²) in [6.07, 6.45) is 1.76. The number of amides is 1. The Morgan fingerprint density at radius 3 is 2.85 bits per heavy atom. The summed E-state index contributed by atoms with van der Waals surface area (Å²) in [6, 6.07) is 8.01. The van der Waals surface area contributed by atoms with E-state index in [9.17, 15) is 14.9 Å². The van der Waals surface area contributed by atoms with Crippen molar-refractivity contribution in [2.45, 2.75) is 17.4 Å². The maximum absolute atomic E-state index is 12.0. The summed E-state index contributed by atoms with van der Waals surface area (Å²) in [5.74, 6) is 2.68. The lowest BCUT2D eigenvalue weighted by Gasteiger charge is -2.19. The number of nitro benzene ring substituents is 1. The van der Waals surface area contributed by atoms with Gasteiger partial charge in [0.05, 0.1) is 27.2 Å². The van der Waals surface area contributed by atoms with Gasteiger partial charge >= 0.3 is 0 Å². The molecule has 0 unspecified atom stereocenters. The minimum Gasteiger partial charge on any atom is -0.455 e. The van der Waals surface area contributed by atoms with Gasteiger partial charge in [0.2, 0.25) is 5.91 Å². The third-order valence-corrected chi connectivity index (χ3v) is 7.59. The predicted molar refractivity (Wildman–Crippen MR) is 112 cm³/mol. The van der Waals surface area contributed by atoms with Crippen LogP contribution in [0.25, 0.3) is 11.3 Å². The molecule has 0 radical (unpaired) electrons. The number of nitro groups is 1. The van der Waals surface area contributed by atoms with Gasteiger partial charge in [0.25, 0.3) is 5.69 Å². The Morgan fingerprint density at radius 1 is 1.41 bits per heavy atom. The molecule has 142 valence electrons. The van der Waals surface area contributed by atoms with E-state index in [1.807, 2.05) is 0 Å². The van der Waals surface area contributed by atoms with Crippen molar-refractivity contribution in [2.75, 3.05) is 11.5 Å². The normalized spacial score (nSPS) is 15.9. The lowest BCUT2D eigenvalue weighted by Crippen LogP contribution is -2.26. The Morgan fingerprint density at radius 2 is 2.15 bits per heavy atom. The third-order valence-electron chi connectivity index (χ3n) is 3.81. The molecule has 1 N–H and O–H groups in total. The molecule has 0 atom stereocenters. The quantitative estimate of drug-likeness (QED) is 0.375. The second-order valence-corrected chi connectivity index (χ2v) is 10.3. The Bertz CT molecular complexity index is 894. The van der Waals surface area contributed by atoms with Crippen molar-refractivity contribution in [2.24, 2.45) is 5.10 Å². The fourth-order valence-electron chi connectivity index (χ4n) is 2.59. The zero-order valence-corrected chi connectivity index (χ0v) is 17.5. The van der Waals surface area contributed by atoms with Crippen molar-refractivity contribution in [3.8, 4) is 11.3 Å². The van der Waals surface area contributed by atoms with Gasteiger partial charge in [-0.3, -0.25) is 14.9 Å². The average Bonchev–Trinajstić information content (AvgIpc) is 3.24. The molecule has 1 aromatic carbocycles. The average molecular weight is 470 g/mol. The molecule has 1 aromatic heterocycles. The summed E-state index contributed by atoms with van der Waals surface area (Å²) in [6.45, 7) is 2.06. The molecule has 1 aliphatic rings. The first-order valence-electron chi connectivity index (χ1n) is 8.00. The summed E-state index contributed by atoms with van der Waals surface area (Å²) in [7, 11) is 0. The van der Waals surface area contributed by atoms with Gasteiger partial charge in [-0.1, -0.05) is 15.9 Å². The molecule has 7 nitrogen and oxygen atoms in total. The van der Waals surface area contributed by atoms with Crippen molar-refractivity contribution < 1.29 is 14.1 Å². The second kappa shape index (κ2) is 8.49. The molecule has 27 heavy (non-hydrogen) atoms. The first-order chi connectivity index (χ1) is 12.9. The van der Waals surface area contributed by atoms with Gasteiger partial charge in [-0.15, -0.1) is 23.5 Å². The molecule has 3 rings (SSSR count). The van der Waals surface area contributed by atoms with E-state index < -0.39 is 4.92 Å². The van der Waals surface area contributed by atoms with Gasteiger partial charge in [-0.05, 0) is 31.2 Å². The SMILES string of the molecule is CC1(CC(=O)N/N=C\c2ccc(-c3ccc(Br)cc3[N+](=O)[O-])o2)SCCS1. The van der Waals surface area contributed by atoms with E-state index in [4.69, 9.17) is 4.42 Å². The van der Waals surface area contributed by atoms with E-state index in [1.165, 1.54) is 12.3 Å². The number of furan rings is 1. The molecular formula is C17H16BrN3O4S2. The van der Waals surface area contributed by atoms with E-state index >= 15 is 0 Å². The van der Waals surface area contributed by atoms with Gasteiger partial charge in [0.15, 0.2) is 0 Å². The number of benzene rings is 1.